The zero-order valence-electron chi connectivity index (χ0n) is 10.7. The number of hydrogen-bond acceptors (Lipinski definition) is 2. The molecule has 0 aliphatic rings. The predicted octanol–water partition coefficient (Wildman–Crippen LogP) is 4.01. The van der Waals surface area contributed by atoms with Crippen molar-refractivity contribution in [3.8, 4) is 5.75 Å². The molecular weight excluding hydrogens is 330 g/mol. The van der Waals surface area contributed by atoms with E-state index in [1.165, 1.54) is 6.07 Å². The monoisotopic (exact) mass is 342 g/mol. The van der Waals surface area contributed by atoms with Gasteiger partial charge in [0.15, 0.2) is 0 Å². The minimum Gasteiger partial charge on any atom is -0.497 e. The summed E-state index contributed by atoms with van der Waals surface area (Å²) in [7, 11) is 1.54. The van der Waals surface area contributed by atoms with Crippen LogP contribution < -0.4 is 4.74 Å². The molecule has 20 heavy (non-hydrogen) atoms. The Kier molecular flexibility index (Phi) is 4.73. The van der Waals surface area contributed by atoms with Crippen LogP contribution >= 0.6 is 15.9 Å². The fourth-order valence-corrected chi connectivity index (χ4v) is 2.33. The van der Waals surface area contributed by atoms with Gasteiger partial charge in [-0.15, -0.1) is 0 Å². The van der Waals surface area contributed by atoms with Crippen molar-refractivity contribution in [3.05, 3.63) is 63.6 Å². The van der Waals surface area contributed by atoms with Crippen molar-refractivity contribution in [3.63, 3.8) is 0 Å². The Morgan fingerprint density at radius 1 is 1.20 bits per heavy atom. The molecule has 5 heteroatoms. The molecule has 0 amide bonds. The van der Waals surface area contributed by atoms with Crippen molar-refractivity contribution in [1.29, 1.82) is 0 Å². The standard InChI is InChI=1S/C15H13BrF2O2/c1-20-11-3-5-13(16)9(6-11)7-15(19)12-4-2-10(17)8-14(12)18/h2-6,8,15,19H,7H2,1H3. The van der Waals surface area contributed by atoms with Gasteiger partial charge in [-0.25, -0.2) is 8.78 Å². The SMILES string of the molecule is COc1ccc(Br)c(CC(O)c2ccc(F)cc2F)c1. The van der Waals surface area contributed by atoms with Gasteiger partial charge in [0.1, 0.15) is 17.4 Å². The zero-order chi connectivity index (χ0) is 14.7. The summed E-state index contributed by atoms with van der Waals surface area (Å²) < 4.78 is 32.4. The fourth-order valence-electron chi connectivity index (χ4n) is 1.92. The number of ether oxygens (including phenoxy) is 1. The van der Waals surface area contributed by atoms with E-state index in [0.717, 1.165) is 22.2 Å². The average molecular weight is 343 g/mol. The summed E-state index contributed by atoms with van der Waals surface area (Å²) in [5.41, 5.74) is 0.849. The van der Waals surface area contributed by atoms with Crippen molar-refractivity contribution >= 4 is 15.9 Å². The molecule has 1 atom stereocenters. The lowest BCUT2D eigenvalue weighted by Gasteiger charge is -2.14. The molecule has 0 saturated heterocycles. The Hall–Kier alpha value is -1.46. The largest absolute Gasteiger partial charge is 0.497 e. The van der Waals surface area contributed by atoms with Crippen LogP contribution in [0.25, 0.3) is 0 Å². The van der Waals surface area contributed by atoms with Gasteiger partial charge in [-0.2, -0.15) is 0 Å². The number of hydrogen-bond donors (Lipinski definition) is 1. The van der Waals surface area contributed by atoms with Crippen LogP contribution in [0.4, 0.5) is 8.78 Å². The van der Waals surface area contributed by atoms with Crippen molar-refractivity contribution in [2.45, 2.75) is 12.5 Å². The third kappa shape index (κ3) is 3.35. The first-order valence-corrected chi connectivity index (χ1v) is 6.76. The average Bonchev–Trinajstić information content (AvgIpc) is 2.41. The molecule has 1 unspecified atom stereocenters. The molecule has 2 nitrogen and oxygen atoms in total. The highest BCUT2D eigenvalue weighted by Gasteiger charge is 2.16. The Labute approximate surface area is 124 Å². The normalized spacial score (nSPS) is 12.2. The van der Waals surface area contributed by atoms with Crippen molar-refractivity contribution in [2.24, 2.45) is 0 Å². The minimum absolute atomic E-state index is 0.0705. The Balaban J connectivity index is 2.25. The summed E-state index contributed by atoms with van der Waals surface area (Å²) in [5.74, 6) is -0.771. The number of methoxy groups -OCH3 is 1. The van der Waals surface area contributed by atoms with E-state index in [9.17, 15) is 13.9 Å². The minimum atomic E-state index is -1.06. The fraction of sp³-hybridized carbons (Fsp3) is 0.200. The first-order chi connectivity index (χ1) is 9.51. The summed E-state index contributed by atoms with van der Waals surface area (Å²) in [6, 6.07) is 8.47. The highest BCUT2D eigenvalue weighted by molar-refractivity contribution is 9.10. The zero-order valence-corrected chi connectivity index (χ0v) is 12.3. The second-order valence-corrected chi connectivity index (χ2v) is 5.20. The first kappa shape index (κ1) is 14.9. The second kappa shape index (κ2) is 6.33. The molecule has 0 aliphatic heterocycles. The van der Waals surface area contributed by atoms with E-state index in [2.05, 4.69) is 15.9 Å². The lowest BCUT2D eigenvalue weighted by molar-refractivity contribution is 0.173. The van der Waals surface area contributed by atoms with Gasteiger partial charge >= 0.3 is 0 Å². The highest BCUT2D eigenvalue weighted by Crippen LogP contribution is 2.28. The first-order valence-electron chi connectivity index (χ1n) is 5.96. The molecule has 0 fully saturated rings. The van der Waals surface area contributed by atoms with E-state index in [0.29, 0.717) is 5.75 Å². The number of rotatable bonds is 4. The van der Waals surface area contributed by atoms with Crippen molar-refractivity contribution in [1.82, 2.24) is 0 Å². The van der Waals surface area contributed by atoms with Crippen LogP contribution in [-0.4, -0.2) is 12.2 Å². The molecule has 0 aliphatic carbocycles. The molecule has 0 spiro atoms. The molecule has 0 saturated carbocycles. The van der Waals surface area contributed by atoms with Crippen LogP contribution in [0.2, 0.25) is 0 Å². The van der Waals surface area contributed by atoms with Crippen LogP contribution in [0.5, 0.6) is 5.75 Å². The second-order valence-electron chi connectivity index (χ2n) is 4.34. The summed E-state index contributed by atoms with van der Waals surface area (Å²) >= 11 is 3.37. The molecule has 2 aromatic rings. The predicted molar refractivity (Wildman–Crippen MR) is 75.7 cm³/mol. The molecule has 0 aromatic heterocycles. The van der Waals surface area contributed by atoms with Gasteiger partial charge in [0.05, 0.1) is 13.2 Å². The third-order valence-corrected chi connectivity index (χ3v) is 3.76. The summed E-state index contributed by atoms with van der Waals surface area (Å²) in [6.45, 7) is 0. The Morgan fingerprint density at radius 2 is 1.95 bits per heavy atom. The van der Waals surface area contributed by atoms with Gasteiger partial charge in [-0.3, -0.25) is 0 Å². The van der Waals surface area contributed by atoms with E-state index in [1.807, 2.05) is 0 Å². The van der Waals surface area contributed by atoms with Crippen LogP contribution in [0.3, 0.4) is 0 Å². The van der Waals surface area contributed by atoms with Crippen molar-refractivity contribution in [2.75, 3.05) is 7.11 Å². The van der Waals surface area contributed by atoms with E-state index >= 15 is 0 Å². The van der Waals surface area contributed by atoms with Crippen molar-refractivity contribution < 1.29 is 18.6 Å². The Morgan fingerprint density at radius 3 is 2.60 bits per heavy atom. The maximum Gasteiger partial charge on any atom is 0.131 e. The van der Waals surface area contributed by atoms with Gasteiger partial charge in [-0.1, -0.05) is 22.0 Å². The topological polar surface area (TPSA) is 29.5 Å². The van der Waals surface area contributed by atoms with Gasteiger partial charge < -0.3 is 9.84 Å². The quantitative estimate of drug-likeness (QED) is 0.909. The number of aliphatic hydroxyl groups excluding tert-OH is 1. The van der Waals surface area contributed by atoms with Gasteiger partial charge in [0, 0.05) is 22.5 Å². The molecular formula is C15H13BrF2O2. The lowest BCUT2D eigenvalue weighted by atomic mass is 10.0. The van der Waals surface area contributed by atoms with Gasteiger partial charge in [0.2, 0.25) is 0 Å². The molecule has 2 rings (SSSR count). The molecule has 106 valence electrons. The molecule has 1 N–H and O–H groups in total. The van der Waals surface area contributed by atoms with Crippen LogP contribution in [0.15, 0.2) is 40.9 Å². The summed E-state index contributed by atoms with van der Waals surface area (Å²) in [5, 5.41) is 10.1. The van der Waals surface area contributed by atoms with Gasteiger partial charge in [0.25, 0.3) is 0 Å². The third-order valence-electron chi connectivity index (χ3n) is 2.99. The van der Waals surface area contributed by atoms with Crippen LogP contribution in [0.1, 0.15) is 17.2 Å². The van der Waals surface area contributed by atoms with E-state index in [1.54, 1.807) is 25.3 Å². The van der Waals surface area contributed by atoms with Crippen LogP contribution in [0, 0.1) is 11.6 Å². The molecule has 0 bridgehead atoms. The summed E-state index contributed by atoms with van der Waals surface area (Å²) in [4.78, 5) is 0. The Bertz CT molecular complexity index is 617. The van der Waals surface area contributed by atoms with E-state index in [-0.39, 0.29) is 12.0 Å². The maximum atomic E-state index is 13.6. The number of benzene rings is 2. The number of aliphatic hydroxyl groups is 1. The summed E-state index contributed by atoms with van der Waals surface area (Å²) in [6.07, 6.45) is -0.862. The maximum absolute atomic E-state index is 13.6. The van der Waals surface area contributed by atoms with E-state index < -0.39 is 17.7 Å². The van der Waals surface area contributed by atoms with Crippen LogP contribution in [-0.2, 0) is 6.42 Å². The molecule has 0 heterocycles. The van der Waals surface area contributed by atoms with E-state index in [4.69, 9.17) is 4.74 Å². The number of halogens is 3. The molecule has 2 aromatic carbocycles. The molecule has 0 radical (unpaired) electrons. The highest BCUT2D eigenvalue weighted by atomic mass is 79.9. The smallest absolute Gasteiger partial charge is 0.131 e. The lowest BCUT2D eigenvalue weighted by Crippen LogP contribution is -2.05. The van der Waals surface area contributed by atoms with Gasteiger partial charge in [-0.05, 0) is 29.8 Å².